The SMILES string of the molecule is C=COC=C.F.F.F.[B]. The van der Waals surface area contributed by atoms with E-state index in [1.807, 2.05) is 0 Å². The highest BCUT2D eigenvalue weighted by Gasteiger charge is 1.45. The molecule has 0 amide bonds. The normalized spacial score (nSPS) is 3.11. The number of ether oxygens (including phenoxy) is 1. The van der Waals surface area contributed by atoms with E-state index < -0.39 is 0 Å². The highest BCUT2D eigenvalue weighted by molar-refractivity contribution is 5.75. The van der Waals surface area contributed by atoms with E-state index in [9.17, 15) is 0 Å². The van der Waals surface area contributed by atoms with E-state index in [1.165, 1.54) is 12.5 Å². The minimum atomic E-state index is 0. The Kier molecular flexibility index (Phi) is 276. The van der Waals surface area contributed by atoms with Crippen LogP contribution in [-0.2, 0) is 4.74 Å². The monoisotopic (exact) mass is 141 g/mol. The van der Waals surface area contributed by atoms with Crippen molar-refractivity contribution in [2.45, 2.75) is 0 Å². The first-order valence-corrected chi connectivity index (χ1v) is 1.29. The van der Waals surface area contributed by atoms with E-state index >= 15 is 0 Å². The molecule has 0 bridgehead atoms. The van der Waals surface area contributed by atoms with E-state index in [1.54, 1.807) is 0 Å². The van der Waals surface area contributed by atoms with Gasteiger partial charge in [-0.05, 0) is 0 Å². The van der Waals surface area contributed by atoms with Crippen molar-refractivity contribution in [3.8, 4) is 0 Å². The van der Waals surface area contributed by atoms with E-state index in [4.69, 9.17) is 0 Å². The molecule has 0 aromatic heterocycles. The fraction of sp³-hybridized carbons (Fsp3) is 0. The van der Waals surface area contributed by atoms with Crippen molar-refractivity contribution in [1.82, 2.24) is 0 Å². The molecule has 0 aromatic rings. The molecule has 0 rings (SSSR count). The Bertz CT molecular complexity index is 45.1. The standard InChI is InChI=1S/C4H6O.B.3FH/c1-3-5-4-2;;;;/h3-4H,1-2H2;;3*1H. The van der Waals surface area contributed by atoms with Gasteiger partial charge in [0.15, 0.2) is 0 Å². The van der Waals surface area contributed by atoms with Gasteiger partial charge < -0.3 is 4.74 Å². The smallest absolute Gasteiger partial charge is 0.0829 e. The number of hydrogen-bond donors (Lipinski definition) is 0. The number of halogens is 3. The van der Waals surface area contributed by atoms with E-state index in [0.29, 0.717) is 0 Å². The quantitative estimate of drug-likeness (QED) is 0.416. The van der Waals surface area contributed by atoms with E-state index in [0.717, 1.165) is 0 Å². The van der Waals surface area contributed by atoms with Crippen LogP contribution in [-0.4, -0.2) is 8.41 Å². The third kappa shape index (κ3) is 146. The summed E-state index contributed by atoms with van der Waals surface area (Å²) in [6.45, 7) is 6.51. The van der Waals surface area contributed by atoms with Crippen molar-refractivity contribution < 1.29 is 18.9 Å². The summed E-state index contributed by atoms with van der Waals surface area (Å²) in [5.41, 5.74) is 0. The summed E-state index contributed by atoms with van der Waals surface area (Å²) in [6, 6.07) is 0. The van der Waals surface area contributed by atoms with Gasteiger partial charge in [0, 0.05) is 8.41 Å². The van der Waals surface area contributed by atoms with Crippen LogP contribution in [0, 0.1) is 0 Å². The second-order valence-electron chi connectivity index (χ2n) is 0.469. The van der Waals surface area contributed by atoms with Gasteiger partial charge in [0.1, 0.15) is 0 Å². The maximum absolute atomic E-state index is 4.36. The van der Waals surface area contributed by atoms with Crippen LogP contribution in [0.1, 0.15) is 0 Å². The second kappa shape index (κ2) is 58.9. The van der Waals surface area contributed by atoms with Gasteiger partial charge in [0.25, 0.3) is 0 Å². The third-order valence-corrected chi connectivity index (χ3v) is 0.192. The molecule has 0 N–H and O–H groups in total. The lowest BCUT2D eigenvalue weighted by atomic mass is 10.8. The minimum Gasteiger partial charge on any atom is -0.474 e. The van der Waals surface area contributed by atoms with Crippen molar-refractivity contribution in [3.63, 3.8) is 0 Å². The molecule has 0 spiro atoms. The molecule has 9 heavy (non-hydrogen) atoms. The molecule has 0 saturated carbocycles. The van der Waals surface area contributed by atoms with Gasteiger partial charge in [-0.1, -0.05) is 13.2 Å². The van der Waals surface area contributed by atoms with E-state index in [2.05, 4.69) is 17.9 Å². The average molecular weight is 141 g/mol. The molecule has 0 aromatic carbocycles. The fourth-order valence-electron chi connectivity index (χ4n) is 0.0680. The molecular weight excluding hydrogens is 132 g/mol. The van der Waals surface area contributed by atoms with E-state index in [-0.39, 0.29) is 22.5 Å². The lowest BCUT2D eigenvalue weighted by Crippen LogP contribution is -1.52. The van der Waals surface area contributed by atoms with Crippen LogP contribution in [0.25, 0.3) is 0 Å². The first kappa shape index (κ1) is 42.1. The Morgan fingerprint density at radius 1 is 0.889 bits per heavy atom. The second-order valence-corrected chi connectivity index (χ2v) is 0.469. The van der Waals surface area contributed by atoms with Crippen LogP contribution in [0.2, 0.25) is 0 Å². The maximum atomic E-state index is 4.36. The molecule has 0 fully saturated rings. The Labute approximate surface area is 54.1 Å². The van der Waals surface area contributed by atoms with Gasteiger partial charge in [0.2, 0.25) is 0 Å². The van der Waals surface area contributed by atoms with Gasteiger partial charge in [-0.3, -0.25) is 14.1 Å². The van der Waals surface area contributed by atoms with Crippen LogP contribution < -0.4 is 0 Å². The van der Waals surface area contributed by atoms with Crippen molar-refractivity contribution in [2.75, 3.05) is 0 Å². The molecule has 1 nitrogen and oxygen atoms in total. The Morgan fingerprint density at radius 2 is 1.11 bits per heavy atom. The first-order valence-electron chi connectivity index (χ1n) is 1.29. The van der Waals surface area contributed by atoms with Crippen LogP contribution >= 0.6 is 0 Å². The van der Waals surface area contributed by atoms with Crippen molar-refractivity contribution >= 4 is 8.41 Å². The van der Waals surface area contributed by atoms with Crippen LogP contribution in [0.3, 0.4) is 0 Å². The minimum absolute atomic E-state index is 0. The highest BCUT2D eigenvalue weighted by Crippen LogP contribution is 1.65. The van der Waals surface area contributed by atoms with Crippen molar-refractivity contribution in [2.24, 2.45) is 0 Å². The van der Waals surface area contributed by atoms with Crippen LogP contribution in [0.15, 0.2) is 25.7 Å². The van der Waals surface area contributed by atoms with Gasteiger partial charge >= 0.3 is 0 Å². The number of rotatable bonds is 2. The molecule has 0 aliphatic carbocycles. The Morgan fingerprint density at radius 3 is 1.11 bits per heavy atom. The molecule has 0 heterocycles. The number of hydrogen-bond acceptors (Lipinski definition) is 1. The first-order chi connectivity index (χ1) is 2.41. The molecule has 0 aliphatic rings. The van der Waals surface area contributed by atoms with Crippen molar-refractivity contribution in [1.29, 1.82) is 0 Å². The fourth-order valence-corrected chi connectivity index (χ4v) is 0.0680. The predicted molar refractivity (Wildman–Crippen MR) is 34.7 cm³/mol. The molecule has 0 unspecified atom stereocenters. The van der Waals surface area contributed by atoms with Crippen molar-refractivity contribution in [3.05, 3.63) is 25.7 Å². The predicted octanol–water partition coefficient (Wildman–Crippen LogP) is 1.37. The maximum Gasteiger partial charge on any atom is 0.0829 e. The lowest BCUT2D eigenvalue weighted by Gasteiger charge is -1.76. The molecule has 55 valence electrons. The lowest BCUT2D eigenvalue weighted by molar-refractivity contribution is 0.406. The topological polar surface area (TPSA) is 9.23 Å². The summed E-state index contributed by atoms with van der Waals surface area (Å²) < 4.78 is 4.36. The Balaban J connectivity index is -0.0000000133. The van der Waals surface area contributed by atoms with Gasteiger partial charge in [0.05, 0.1) is 12.5 Å². The molecule has 0 atom stereocenters. The molecule has 3 radical (unpaired) electrons. The van der Waals surface area contributed by atoms with Gasteiger partial charge in [-0.15, -0.1) is 0 Å². The molecule has 0 aliphatic heterocycles. The molecular formula is C4H9BF3O. The van der Waals surface area contributed by atoms with Crippen LogP contribution in [0.5, 0.6) is 0 Å². The Hall–Kier alpha value is -0.865. The third-order valence-electron chi connectivity index (χ3n) is 0.192. The zero-order chi connectivity index (χ0) is 4.12. The summed E-state index contributed by atoms with van der Waals surface area (Å²) in [5.74, 6) is 0. The summed E-state index contributed by atoms with van der Waals surface area (Å²) in [5, 5.41) is 0. The summed E-state index contributed by atoms with van der Waals surface area (Å²) in [7, 11) is 0. The van der Waals surface area contributed by atoms with Gasteiger partial charge in [-0.2, -0.15) is 0 Å². The summed E-state index contributed by atoms with van der Waals surface area (Å²) >= 11 is 0. The zero-order valence-corrected chi connectivity index (χ0v) is 4.78. The summed E-state index contributed by atoms with van der Waals surface area (Å²) in [4.78, 5) is 0. The average Bonchev–Trinajstić information content (AvgIpc) is 1.41. The molecule has 5 heteroatoms. The summed E-state index contributed by atoms with van der Waals surface area (Å²) in [6.07, 6.45) is 2.62. The van der Waals surface area contributed by atoms with Crippen LogP contribution in [0.4, 0.5) is 14.1 Å². The highest BCUT2D eigenvalue weighted by atomic mass is 19.0. The van der Waals surface area contributed by atoms with Gasteiger partial charge in [-0.25, -0.2) is 0 Å². The largest absolute Gasteiger partial charge is 0.474 e. The molecule has 0 saturated heterocycles. The zero-order valence-electron chi connectivity index (χ0n) is 4.78.